The molecule has 3 rings (SSSR count). The minimum atomic E-state index is -0.789. The molecule has 0 aromatic heterocycles. The van der Waals surface area contributed by atoms with Crippen molar-refractivity contribution in [3.63, 3.8) is 0 Å². The van der Waals surface area contributed by atoms with E-state index in [-0.39, 0.29) is 12.2 Å². The van der Waals surface area contributed by atoms with Crippen molar-refractivity contribution in [2.75, 3.05) is 13.7 Å². The number of hydrogen-bond acceptors (Lipinski definition) is 6. The van der Waals surface area contributed by atoms with Gasteiger partial charge >= 0.3 is 0 Å². The van der Waals surface area contributed by atoms with Gasteiger partial charge in [0, 0.05) is 13.0 Å². The number of ether oxygens (including phenoxy) is 3. The number of benzene rings is 1. The lowest BCUT2D eigenvalue weighted by molar-refractivity contribution is -0.163. The molecule has 1 aromatic carbocycles. The molecular formula is C17H24N2O5. The van der Waals surface area contributed by atoms with Gasteiger partial charge in [-0.2, -0.15) is 0 Å². The van der Waals surface area contributed by atoms with Crippen molar-refractivity contribution in [1.82, 2.24) is 10.4 Å². The summed E-state index contributed by atoms with van der Waals surface area (Å²) in [6.45, 7) is 4.96. The summed E-state index contributed by atoms with van der Waals surface area (Å²) < 4.78 is 17.2. The zero-order valence-electron chi connectivity index (χ0n) is 14.2. The summed E-state index contributed by atoms with van der Waals surface area (Å²) in [6.07, 6.45) is 0.345. The Kier molecular flexibility index (Phi) is 4.78. The lowest BCUT2D eigenvalue weighted by atomic mass is 10.1. The maximum Gasteiger partial charge on any atom is 0.260 e. The van der Waals surface area contributed by atoms with E-state index in [2.05, 4.69) is 0 Å². The van der Waals surface area contributed by atoms with Crippen LogP contribution in [0.25, 0.3) is 0 Å². The largest absolute Gasteiger partial charge is 0.497 e. The molecule has 0 radical (unpaired) electrons. The summed E-state index contributed by atoms with van der Waals surface area (Å²) in [6, 6.07) is 7.18. The number of carbonyl (C=O) groups excluding carboxylic acids is 1. The van der Waals surface area contributed by atoms with Crippen molar-refractivity contribution in [2.24, 2.45) is 0 Å². The Hall–Kier alpha value is -1.67. The Labute approximate surface area is 141 Å². The third-order valence-electron chi connectivity index (χ3n) is 4.81. The first-order valence-electron chi connectivity index (χ1n) is 8.13. The van der Waals surface area contributed by atoms with Crippen molar-refractivity contribution >= 4 is 5.91 Å². The molecule has 2 unspecified atom stereocenters. The molecule has 2 N–H and O–H groups in total. The molecule has 1 amide bonds. The first kappa shape index (κ1) is 17.2. The number of rotatable bonds is 4. The van der Waals surface area contributed by atoms with E-state index in [9.17, 15) is 4.79 Å². The van der Waals surface area contributed by atoms with E-state index in [1.807, 2.05) is 43.0 Å². The minimum absolute atomic E-state index is 0.0243. The first-order chi connectivity index (χ1) is 11.5. The molecule has 2 saturated heterocycles. The molecule has 24 heavy (non-hydrogen) atoms. The van der Waals surface area contributed by atoms with Crippen LogP contribution in [-0.2, 0) is 20.8 Å². The number of carbonyl (C=O) groups is 1. The predicted octanol–water partition coefficient (Wildman–Crippen LogP) is 1.29. The van der Waals surface area contributed by atoms with Crippen LogP contribution in [-0.4, -0.2) is 53.7 Å². The topological polar surface area (TPSA) is 80.3 Å². The molecule has 3 atom stereocenters. The molecule has 0 bridgehead atoms. The summed E-state index contributed by atoms with van der Waals surface area (Å²) in [4.78, 5) is 14.1. The molecule has 0 saturated carbocycles. The monoisotopic (exact) mass is 336 g/mol. The third kappa shape index (κ3) is 3.25. The van der Waals surface area contributed by atoms with Gasteiger partial charge in [-0.25, -0.2) is 5.48 Å². The van der Waals surface area contributed by atoms with Crippen LogP contribution in [0.5, 0.6) is 5.75 Å². The second-order valence-corrected chi connectivity index (χ2v) is 6.51. The molecule has 132 valence electrons. The minimum Gasteiger partial charge on any atom is -0.497 e. The van der Waals surface area contributed by atoms with Gasteiger partial charge in [0.25, 0.3) is 5.91 Å². The normalized spacial score (nSPS) is 33.1. The quantitative estimate of drug-likeness (QED) is 0.637. The van der Waals surface area contributed by atoms with Crippen molar-refractivity contribution < 1.29 is 24.2 Å². The molecule has 7 nitrogen and oxygen atoms in total. The fourth-order valence-electron chi connectivity index (χ4n) is 3.44. The summed E-state index contributed by atoms with van der Waals surface area (Å²) in [5.41, 5.74) is 2.80. The van der Waals surface area contributed by atoms with Crippen LogP contribution in [0.2, 0.25) is 0 Å². The Morgan fingerprint density at radius 1 is 1.33 bits per heavy atom. The van der Waals surface area contributed by atoms with Crippen LogP contribution < -0.4 is 10.2 Å². The Morgan fingerprint density at radius 3 is 2.50 bits per heavy atom. The van der Waals surface area contributed by atoms with Crippen LogP contribution in [0.3, 0.4) is 0 Å². The van der Waals surface area contributed by atoms with Crippen LogP contribution in [0.15, 0.2) is 24.3 Å². The second kappa shape index (κ2) is 6.68. The van der Waals surface area contributed by atoms with Crippen molar-refractivity contribution in [1.29, 1.82) is 0 Å². The highest BCUT2D eigenvalue weighted by Gasteiger charge is 2.54. The Balaban J connectivity index is 1.77. The molecule has 2 heterocycles. The average Bonchev–Trinajstić information content (AvgIpc) is 3.06. The van der Waals surface area contributed by atoms with Crippen LogP contribution in [0, 0.1) is 0 Å². The SMILES string of the molecule is COc1ccc(CN2CC3(C[C@@H]2C(=O)NO)OC(C)C(C)O3)cc1. The van der Waals surface area contributed by atoms with Crippen molar-refractivity contribution in [3.8, 4) is 5.75 Å². The highest BCUT2D eigenvalue weighted by atomic mass is 16.8. The van der Waals surface area contributed by atoms with Crippen LogP contribution in [0.4, 0.5) is 0 Å². The fourth-order valence-corrected chi connectivity index (χ4v) is 3.44. The highest BCUT2D eigenvalue weighted by Crippen LogP contribution is 2.40. The zero-order valence-corrected chi connectivity index (χ0v) is 14.2. The van der Waals surface area contributed by atoms with Gasteiger partial charge in [-0.05, 0) is 31.5 Å². The second-order valence-electron chi connectivity index (χ2n) is 6.51. The Morgan fingerprint density at radius 2 is 1.96 bits per heavy atom. The van der Waals surface area contributed by atoms with Gasteiger partial charge in [0.2, 0.25) is 0 Å². The number of nitrogens with one attached hydrogen (secondary N) is 1. The van der Waals surface area contributed by atoms with Gasteiger partial charge in [0.15, 0.2) is 5.79 Å². The molecule has 2 aliphatic rings. The highest BCUT2D eigenvalue weighted by molar-refractivity contribution is 5.81. The van der Waals surface area contributed by atoms with E-state index in [1.165, 1.54) is 0 Å². The fraction of sp³-hybridized carbons (Fsp3) is 0.588. The third-order valence-corrected chi connectivity index (χ3v) is 4.81. The molecule has 0 aliphatic carbocycles. The number of methoxy groups -OCH3 is 1. The zero-order chi connectivity index (χ0) is 17.3. The maximum atomic E-state index is 12.1. The van der Waals surface area contributed by atoms with Crippen LogP contribution in [0.1, 0.15) is 25.8 Å². The van der Waals surface area contributed by atoms with Crippen molar-refractivity contribution in [3.05, 3.63) is 29.8 Å². The molecule has 1 aromatic rings. The molecule has 1 spiro atoms. The number of likely N-dealkylation sites (tertiary alicyclic amines) is 1. The van der Waals surface area contributed by atoms with E-state index in [4.69, 9.17) is 19.4 Å². The lowest BCUT2D eigenvalue weighted by Crippen LogP contribution is -2.41. The molecule has 2 fully saturated rings. The summed E-state index contributed by atoms with van der Waals surface area (Å²) in [5, 5.41) is 9.06. The lowest BCUT2D eigenvalue weighted by Gasteiger charge is -2.24. The number of hydrogen-bond donors (Lipinski definition) is 2. The maximum absolute atomic E-state index is 12.1. The smallest absolute Gasteiger partial charge is 0.260 e. The molecule has 2 aliphatic heterocycles. The van der Waals surface area contributed by atoms with Gasteiger partial charge in [0.1, 0.15) is 5.75 Å². The van der Waals surface area contributed by atoms with E-state index >= 15 is 0 Å². The number of hydroxylamine groups is 1. The van der Waals surface area contributed by atoms with Gasteiger partial charge in [-0.1, -0.05) is 12.1 Å². The van der Waals surface area contributed by atoms with E-state index in [0.717, 1.165) is 11.3 Å². The standard InChI is InChI=1S/C17H24N2O5/c1-11-12(2)24-17(23-11)8-15(16(20)18-21)19(10-17)9-13-4-6-14(22-3)7-5-13/h4-7,11-12,15,21H,8-10H2,1-3H3,(H,18,20)/t11?,12?,15-,17?/m1/s1. The van der Waals surface area contributed by atoms with Crippen LogP contribution >= 0.6 is 0 Å². The van der Waals surface area contributed by atoms with E-state index in [1.54, 1.807) is 12.6 Å². The predicted molar refractivity (Wildman–Crippen MR) is 85.6 cm³/mol. The van der Waals surface area contributed by atoms with Gasteiger partial charge in [-0.15, -0.1) is 0 Å². The number of amides is 1. The molecular weight excluding hydrogens is 312 g/mol. The summed E-state index contributed by atoms with van der Waals surface area (Å²) in [7, 11) is 1.62. The van der Waals surface area contributed by atoms with Crippen molar-refractivity contribution in [2.45, 2.75) is 50.8 Å². The molecule has 7 heteroatoms. The van der Waals surface area contributed by atoms with E-state index in [0.29, 0.717) is 19.5 Å². The average molecular weight is 336 g/mol. The van der Waals surface area contributed by atoms with Gasteiger partial charge in [0.05, 0.1) is 31.9 Å². The Bertz CT molecular complexity index is 581. The summed E-state index contributed by atoms with van der Waals surface area (Å²) in [5.74, 6) is -0.450. The van der Waals surface area contributed by atoms with Gasteiger partial charge < -0.3 is 14.2 Å². The van der Waals surface area contributed by atoms with E-state index < -0.39 is 17.7 Å². The first-order valence-corrected chi connectivity index (χ1v) is 8.13. The van der Waals surface area contributed by atoms with Gasteiger partial charge in [-0.3, -0.25) is 14.9 Å². The summed E-state index contributed by atoms with van der Waals surface area (Å²) >= 11 is 0. The number of nitrogens with zero attached hydrogens (tertiary/aromatic N) is 1.